The van der Waals surface area contributed by atoms with Gasteiger partial charge in [0.05, 0.1) is 19.2 Å². The van der Waals surface area contributed by atoms with E-state index >= 15 is 0 Å². The van der Waals surface area contributed by atoms with Crippen LogP contribution in [0.4, 0.5) is 5.69 Å². The number of anilines is 1. The summed E-state index contributed by atoms with van der Waals surface area (Å²) in [4.78, 5) is 26.7. The van der Waals surface area contributed by atoms with Crippen LogP contribution in [0.5, 0.6) is 0 Å². The van der Waals surface area contributed by atoms with Crippen molar-refractivity contribution in [2.75, 3.05) is 4.90 Å². The van der Waals surface area contributed by atoms with Gasteiger partial charge in [0.1, 0.15) is 0 Å². The van der Waals surface area contributed by atoms with Crippen LogP contribution in [0.15, 0.2) is 41.0 Å². The standard InChI is InChI=1S/C20H22N2O3/c23-18-12-14-6-4-5-9-17(14)22(18)13-15-10-11-25-19(15)20(24)21-16-7-2-1-3-8-16/h4-6,9-11,16H,1-3,7-8,12-13H2,(H,21,24). The van der Waals surface area contributed by atoms with Crippen LogP contribution in [0.3, 0.4) is 0 Å². The van der Waals surface area contributed by atoms with Crippen molar-refractivity contribution in [2.45, 2.75) is 51.1 Å². The number of hydrogen-bond acceptors (Lipinski definition) is 3. The highest BCUT2D eigenvalue weighted by atomic mass is 16.3. The van der Waals surface area contributed by atoms with Crippen LogP contribution in [-0.4, -0.2) is 17.9 Å². The van der Waals surface area contributed by atoms with Crippen LogP contribution in [0.1, 0.15) is 53.8 Å². The summed E-state index contributed by atoms with van der Waals surface area (Å²) < 4.78 is 5.45. The smallest absolute Gasteiger partial charge is 0.287 e. The van der Waals surface area contributed by atoms with E-state index in [9.17, 15) is 9.59 Å². The Bertz CT molecular complexity index is 790. The predicted octanol–water partition coefficient (Wildman–Crippen LogP) is 3.43. The van der Waals surface area contributed by atoms with Gasteiger partial charge in [-0.2, -0.15) is 0 Å². The lowest BCUT2D eigenvalue weighted by Crippen LogP contribution is -2.36. The molecule has 0 saturated heterocycles. The third-order valence-corrected chi connectivity index (χ3v) is 5.15. The molecule has 0 unspecified atom stereocenters. The van der Waals surface area contributed by atoms with Gasteiger partial charge in [0.15, 0.2) is 5.76 Å². The predicted molar refractivity (Wildman–Crippen MR) is 94.4 cm³/mol. The minimum Gasteiger partial charge on any atom is -0.459 e. The van der Waals surface area contributed by atoms with Gasteiger partial charge in [-0.3, -0.25) is 9.59 Å². The van der Waals surface area contributed by atoms with Gasteiger partial charge in [0, 0.05) is 17.3 Å². The van der Waals surface area contributed by atoms with Crippen molar-refractivity contribution >= 4 is 17.5 Å². The Morgan fingerprint density at radius 3 is 2.80 bits per heavy atom. The zero-order valence-electron chi connectivity index (χ0n) is 14.2. The highest BCUT2D eigenvalue weighted by Crippen LogP contribution is 2.30. The summed E-state index contributed by atoms with van der Waals surface area (Å²) in [5, 5.41) is 3.08. The molecule has 1 fully saturated rings. The average molecular weight is 338 g/mol. The van der Waals surface area contributed by atoms with Gasteiger partial charge in [-0.05, 0) is 30.5 Å². The molecule has 1 aromatic carbocycles. The molecular formula is C20H22N2O3. The molecule has 5 nitrogen and oxygen atoms in total. The number of amides is 2. The molecule has 25 heavy (non-hydrogen) atoms. The molecule has 1 N–H and O–H groups in total. The maximum absolute atomic E-state index is 12.6. The first kappa shape index (κ1) is 15.9. The molecule has 5 heteroatoms. The van der Waals surface area contributed by atoms with E-state index < -0.39 is 0 Å². The van der Waals surface area contributed by atoms with E-state index in [-0.39, 0.29) is 17.9 Å². The number of nitrogens with zero attached hydrogens (tertiary/aromatic N) is 1. The fourth-order valence-corrected chi connectivity index (χ4v) is 3.82. The fraction of sp³-hybridized carbons (Fsp3) is 0.400. The Labute approximate surface area is 147 Å². The Balaban J connectivity index is 1.50. The minimum atomic E-state index is -0.174. The Morgan fingerprint density at radius 1 is 1.16 bits per heavy atom. The molecule has 2 amide bonds. The number of carbonyl (C=O) groups excluding carboxylic acids is 2. The largest absolute Gasteiger partial charge is 0.459 e. The van der Waals surface area contributed by atoms with Crippen molar-refractivity contribution in [3.05, 3.63) is 53.5 Å². The Hall–Kier alpha value is -2.56. The van der Waals surface area contributed by atoms with Crippen LogP contribution in [-0.2, 0) is 17.8 Å². The number of carbonyl (C=O) groups is 2. The second-order valence-corrected chi connectivity index (χ2v) is 6.87. The summed E-state index contributed by atoms with van der Waals surface area (Å²) in [7, 11) is 0. The van der Waals surface area contributed by atoms with Crippen LogP contribution in [0, 0.1) is 0 Å². The number of nitrogens with one attached hydrogen (secondary N) is 1. The SMILES string of the molecule is O=C(NC1CCCCC1)c1occc1CN1C(=O)Cc2ccccc21. The molecule has 0 spiro atoms. The summed E-state index contributed by atoms with van der Waals surface area (Å²) in [5.41, 5.74) is 2.70. The minimum absolute atomic E-state index is 0.0565. The Morgan fingerprint density at radius 2 is 1.96 bits per heavy atom. The van der Waals surface area contributed by atoms with Crippen LogP contribution in [0.25, 0.3) is 0 Å². The van der Waals surface area contributed by atoms with Crippen LogP contribution in [0.2, 0.25) is 0 Å². The summed E-state index contributed by atoms with van der Waals surface area (Å²) in [6, 6.07) is 9.80. The van der Waals surface area contributed by atoms with Crippen molar-refractivity contribution in [3.63, 3.8) is 0 Å². The van der Waals surface area contributed by atoms with Gasteiger partial charge < -0.3 is 14.6 Å². The molecule has 2 aromatic rings. The number of hydrogen-bond donors (Lipinski definition) is 1. The molecule has 0 radical (unpaired) electrons. The first-order valence-electron chi connectivity index (χ1n) is 8.98. The number of furan rings is 1. The normalized spacial score (nSPS) is 17.6. The molecule has 0 bridgehead atoms. The third kappa shape index (κ3) is 3.18. The topological polar surface area (TPSA) is 62.6 Å². The first-order valence-corrected chi connectivity index (χ1v) is 8.98. The first-order chi connectivity index (χ1) is 12.2. The maximum atomic E-state index is 12.6. The second kappa shape index (κ2) is 6.75. The second-order valence-electron chi connectivity index (χ2n) is 6.87. The van der Waals surface area contributed by atoms with Gasteiger partial charge in [-0.15, -0.1) is 0 Å². The molecule has 0 atom stereocenters. The summed E-state index contributed by atoms with van der Waals surface area (Å²) in [6.45, 7) is 0.361. The van der Waals surface area contributed by atoms with Crippen molar-refractivity contribution in [2.24, 2.45) is 0 Å². The maximum Gasteiger partial charge on any atom is 0.287 e. The van der Waals surface area contributed by atoms with E-state index in [0.29, 0.717) is 18.7 Å². The molecule has 1 aromatic heterocycles. The quantitative estimate of drug-likeness (QED) is 0.929. The van der Waals surface area contributed by atoms with Gasteiger partial charge in [0.25, 0.3) is 5.91 Å². The van der Waals surface area contributed by atoms with Crippen molar-refractivity contribution in [3.8, 4) is 0 Å². The molecule has 2 heterocycles. The summed E-state index contributed by atoms with van der Waals surface area (Å²) in [5.74, 6) is 0.204. The highest BCUT2D eigenvalue weighted by Gasteiger charge is 2.29. The lowest BCUT2D eigenvalue weighted by molar-refractivity contribution is -0.117. The zero-order valence-corrected chi connectivity index (χ0v) is 14.2. The molecule has 1 aliphatic carbocycles. The van der Waals surface area contributed by atoms with Gasteiger partial charge >= 0.3 is 0 Å². The van der Waals surface area contributed by atoms with Gasteiger partial charge in [-0.25, -0.2) is 0 Å². The molecule has 4 rings (SSSR count). The fourth-order valence-electron chi connectivity index (χ4n) is 3.82. The number of benzene rings is 1. The third-order valence-electron chi connectivity index (χ3n) is 5.15. The lowest BCUT2D eigenvalue weighted by Gasteiger charge is -2.22. The average Bonchev–Trinajstić information content (AvgIpc) is 3.21. The van der Waals surface area contributed by atoms with Crippen molar-refractivity contribution in [1.82, 2.24) is 5.32 Å². The van der Waals surface area contributed by atoms with E-state index in [2.05, 4.69) is 5.32 Å². The molecule has 2 aliphatic rings. The zero-order chi connectivity index (χ0) is 17.2. The Kier molecular flexibility index (Phi) is 4.30. The van der Waals surface area contributed by atoms with Gasteiger partial charge in [-0.1, -0.05) is 37.5 Å². The lowest BCUT2D eigenvalue weighted by atomic mass is 9.95. The molecule has 1 aliphatic heterocycles. The van der Waals surface area contributed by atoms with Crippen LogP contribution < -0.4 is 10.2 Å². The van der Waals surface area contributed by atoms with E-state index in [0.717, 1.165) is 42.5 Å². The van der Waals surface area contributed by atoms with Crippen molar-refractivity contribution < 1.29 is 14.0 Å². The van der Waals surface area contributed by atoms with E-state index in [1.165, 1.54) is 12.7 Å². The molecule has 1 saturated carbocycles. The molecule has 130 valence electrons. The van der Waals surface area contributed by atoms with Gasteiger partial charge in [0.2, 0.25) is 5.91 Å². The summed E-state index contributed by atoms with van der Waals surface area (Å²) >= 11 is 0. The molecular weight excluding hydrogens is 316 g/mol. The number of para-hydroxylation sites is 1. The highest BCUT2D eigenvalue weighted by molar-refractivity contribution is 6.01. The van der Waals surface area contributed by atoms with E-state index in [1.807, 2.05) is 24.3 Å². The monoisotopic (exact) mass is 338 g/mol. The van der Waals surface area contributed by atoms with Crippen molar-refractivity contribution in [1.29, 1.82) is 0 Å². The summed E-state index contributed by atoms with van der Waals surface area (Å²) in [6.07, 6.45) is 7.56. The van der Waals surface area contributed by atoms with E-state index in [1.54, 1.807) is 11.0 Å². The number of fused-ring (bicyclic) bond motifs is 1. The number of rotatable bonds is 4. The van der Waals surface area contributed by atoms with Crippen LogP contribution >= 0.6 is 0 Å². The van der Waals surface area contributed by atoms with E-state index in [4.69, 9.17) is 4.42 Å².